The van der Waals surface area contributed by atoms with Crippen molar-refractivity contribution in [1.29, 1.82) is 0 Å². The fraction of sp³-hybridized carbons (Fsp3) is 0.917. The predicted octanol–water partition coefficient (Wildman–Crippen LogP) is 1.82. The van der Waals surface area contributed by atoms with Gasteiger partial charge in [-0.05, 0) is 26.2 Å². The van der Waals surface area contributed by atoms with Crippen LogP contribution in [0.15, 0.2) is 0 Å². The van der Waals surface area contributed by atoms with Crippen LogP contribution in [0.2, 0.25) is 0 Å². The number of carbonyl (C=O) groups excluding carboxylic acids is 1. The van der Waals surface area contributed by atoms with E-state index in [2.05, 4.69) is 17.6 Å². The second kappa shape index (κ2) is 6.83. The van der Waals surface area contributed by atoms with E-state index in [4.69, 9.17) is 0 Å². The second-order valence-corrected chi connectivity index (χ2v) is 4.59. The minimum Gasteiger partial charge on any atom is -0.353 e. The van der Waals surface area contributed by atoms with E-state index < -0.39 is 0 Å². The van der Waals surface area contributed by atoms with Gasteiger partial charge in [-0.2, -0.15) is 0 Å². The van der Waals surface area contributed by atoms with Crippen molar-refractivity contribution < 1.29 is 4.79 Å². The van der Waals surface area contributed by atoms with Crippen molar-refractivity contribution in [2.24, 2.45) is 0 Å². The van der Waals surface area contributed by atoms with E-state index in [0.29, 0.717) is 18.6 Å². The number of hydrogen-bond donors (Lipinski definition) is 2. The third-order valence-corrected chi connectivity index (χ3v) is 3.18. The highest BCUT2D eigenvalue weighted by molar-refractivity contribution is 5.78. The van der Waals surface area contributed by atoms with E-state index in [1.54, 1.807) is 0 Å². The summed E-state index contributed by atoms with van der Waals surface area (Å²) in [5, 5.41) is 6.31. The zero-order chi connectivity index (χ0) is 11.1. The van der Waals surface area contributed by atoms with Gasteiger partial charge in [0.15, 0.2) is 0 Å². The van der Waals surface area contributed by atoms with Crippen LogP contribution in [0.3, 0.4) is 0 Å². The van der Waals surface area contributed by atoms with E-state index in [1.165, 1.54) is 32.1 Å². The molecule has 3 heteroatoms. The molecule has 0 bridgehead atoms. The Morgan fingerprint density at radius 3 is 2.60 bits per heavy atom. The van der Waals surface area contributed by atoms with Crippen molar-refractivity contribution in [3.05, 3.63) is 0 Å². The lowest BCUT2D eigenvalue weighted by Crippen LogP contribution is -2.42. The molecule has 1 aliphatic carbocycles. The Labute approximate surface area is 93.0 Å². The molecule has 1 rings (SSSR count). The van der Waals surface area contributed by atoms with E-state index >= 15 is 0 Å². The standard InChI is InChI=1S/C12H24N2O/c1-3-10(2)14-12(15)9-13-11-7-5-4-6-8-11/h10-11,13H,3-9H2,1-2H3,(H,14,15). The SMILES string of the molecule is CCC(C)NC(=O)CNC1CCCCC1. The Balaban J connectivity index is 2.10. The lowest BCUT2D eigenvalue weighted by Gasteiger charge is -2.23. The van der Waals surface area contributed by atoms with Gasteiger partial charge in [0, 0.05) is 12.1 Å². The van der Waals surface area contributed by atoms with Crippen molar-refractivity contribution in [2.45, 2.75) is 64.5 Å². The van der Waals surface area contributed by atoms with Crippen molar-refractivity contribution >= 4 is 5.91 Å². The first-order valence-electron chi connectivity index (χ1n) is 6.25. The summed E-state index contributed by atoms with van der Waals surface area (Å²) >= 11 is 0. The monoisotopic (exact) mass is 212 g/mol. The van der Waals surface area contributed by atoms with Gasteiger partial charge in [0.25, 0.3) is 0 Å². The highest BCUT2D eigenvalue weighted by atomic mass is 16.1. The van der Waals surface area contributed by atoms with Crippen molar-refractivity contribution in [3.63, 3.8) is 0 Å². The lowest BCUT2D eigenvalue weighted by atomic mass is 9.95. The molecule has 1 saturated carbocycles. The Bertz CT molecular complexity index is 188. The van der Waals surface area contributed by atoms with Gasteiger partial charge >= 0.3 is 0 Å². The Hall–Kier alpha value is -0.570. The first-order chi connectivity index (χ1) is 7.22. The van der Waals surface area contributed by atoms with E-state index in [9.17, 15) is 4.79 Å². The molecule has 0 aromatic rings. The molecule has 0 aromatic heterocycles. The van der Waals surface area contributed by atoms with Crippen LogP contribution in [0.25, 0.3) is 0 Å². The van der Waals surface area contributed by atoms with Crippen LogP contribution >= 0.6 is 0 Å². The van der Waals surface area contributed by atoms with Crippen molar-refractivity contribution in [1.82, 2.24) is 10.6 Å². The molecule has 2 N–H and O–H groups in total. The van der Waals surface area contributed by atoms with Crippen molar-refractivity contribution in [3.8, 4) is 0 Å². The molecule has 0 saturated heterocycles. The normalized spacial score (nSPS) is 19.9. The average molecular weight is 212 g/mol. The maximum absolute atomic E-state index is 11.5. The Morgan fingerprint density at radius 2 is 2.00 bits per heavy atom. The maximum atomic E-state index is 11.5. The number of nitrogens with one attached hydrogen (secondary N) is 2. The number of hydrogen-bond acceptors (Lipinski definition) is 2. The van der Waals surface area contributed by atoms with Crippen LogP contribution in [0.5, 0.6) is 0 Å². The molecular weight excluding hydrogens is 188 g/mol. The molecule has 0 aromatic carbocycles. The minimum absolute atomic E-state index is 0.134. The van der Waals surface area contributed by atoms with Crippen LogP contribution in [0, 0.1) is 0 Å². The van der Waals surface area contributed by atoms with Gasteiger partial charge in [-0.3, -0.25) is 4.79 Å². The van der Waals surface area contributed by atoms with Crippen molar-refractivity contribution in [2.75, 3.05) is 6.54 Å². The predicted molar refractivity (Wildman–Crippen MR) is 62.8 cm³/mol. The number of carbonyl (C=O) groups is 1. The quantitative estimate of drug-likeness (QED) is 0.730. The summed E-state index contributed by atoms with van der Waals surface area (Å²) in [5.41, 5.74) is 0. The molecule has 0 spiro atoms. The fourth-order valence-electron chi connectivity index (χ4n) is 1.97. The van der Waals surface area contributed by atoms with Gasteiger partial charge < -0.3 is 10.6 Å². The third kappa shape index (κ3) is 5.17. The summed E-state index contributed by atoms with van der Waals surface area (Å²) in [7, 11) is 0. The molecule has 1 fully saturated rings. The van der Waals surface area contributed by atoms with Crippen LogP contribution in [-0.2, 0) is 4.79 Å². The number of rotatable bonds is 5. The van der Waals surface area contributed by atoms with E-state index in [1.807, 2.05) is 6.92 Å². The zero-order valence-electron chi connectivity index (χ0n) is 10.0. The van der Waals surface area contributed by atoms with Crippen LogP contribution < -0.4 is 10.6 Å². The van der Waals surface area contributed by atoms with Gasteiger partial charge in [0.2, 0.25) is 5.91 Å². The van der Waals surface area contributed by atoms with Gasteiger partial charge in [0.1, 0.15) is 0 Å². The van der Waals surface area contributed by atoms with Gasteiger partial charge in [-0.25, -0.2) is 0 Å². The van der Waals surface area contributed by atoms with Crippen LogP contribution in [0.1, 0.15) is 52.4 Å². The minimum atomic E-state index is 0.134. The highest BCUT2D eigenvalue weighted by Gasteiger charge is 2.14. The maximum Gasteiger partial charge on any atom is 0.234 e. The Kier molecular flexibility index (Phi) is 5.69. The summed E-state index contributed by atoms with van der Waals surface area (Å²) in [6.45, 7) is 4.60. The van der Waals surface area contributed by atoms with Crippen LogP contribution in [-0.4, -0.2) is 24.5 Å². The van der Waals surface area contributed by atoms with E-state index in [-0.39, 0.29) is 5.91 Å². The van der Waals surface area contributed by atoms with E-state index in [0.717, 1.165) is 6.42 Å². The first kappa shape index (κ1) is 12.5. The van der Waals surface area contributed by atoms with Crippen LogP contribution in [0.4, 0.5) is 0 Å². The molecule has 15 heavy (non-hydrogen) atoms. The fourth-order valence-corrected chi connectivity index (χ4v) is 1.97. The second-order valence-electron chi connectivity index (χ2n) is 4.59. The largest absolute Gasteiger partial charge is 0.353 e. The zero-order valence-corrected chi connectivity index (χ0v) is 10.0. The molecule has 1 atom stereocenters. The molecular formula is C12H24N2O. The molecule has 3 nitrogen and oxygen atoms in total. The lowest BCUT2D eigenvalue weighted by molar-refractivity contribution is -0.121. The topological polar surface area (TPSA) is 41.1 Å². The molecule has 1 aliphatic rings. The highest BCUT2D eigenvalue weighted by Crippen LogP contribution is 2.16. The Morgan fingerprint density at radius 1 is 1.33 bits per heavy atom. The first-order valence-corrected chi connectivity index (χ1v) is 6.25. The average Bonchev–Trinajstić information content (AvgIpc) is 2.27. The molecule has 1 amide bonds. The summed E-state index contributed by atoms with van der Waals surface area (Å²) in [6, 6.07) is 0.868. The summed E-state index contributed by atoms with van der Waals surface area (Å²) < 4.78 is 0. The van der Waals surface area contributed by atoms with Gasteiger partial charge in [-0.15, -0.1) is 0 Å². The smallest absolute Gasteiger partial charge is 0.234 e. The molecule has 88 valence electrons. The molecule has 1 unspecified atom stereocenters. The molecule has 0 heterocycles. The summed E-state index contributed by atoms with van der Waals surface area (Å²) in [4.78, 5) is 11.5. The summed E-state index contributed by atoms with van der Waals surface area (Å²) in [6.07, 6.45) is 7.44. The van der Waals surface area contributed by atoms with Gasteiger partial charge in [-0.1, -0.05) is 26.2 Å². The van der Waals surface area contributed by atoms with Gasteiger partial charge in [0.05, 0.1) is 6.54 Å². The number of amides is 1. The third-order valence-electron chi connectivity index (χ3n) is 3.18. The molecule has 0 radical (unpaired) electrons. The summed E-state index contributed by atoms with van der Waals surface area (Å²) in [5.74, 6) is 0.134. The molecule has 0 aliphatic heterocycles.